The van der Waals surface area contributed by atoms with E-state index in [0.717, 1.165) is 21.1 Å². The third-order valence-corrected chi connectivity index (χ3v) is 3.79. The van der Waals surface area contributed by atoms with E-state index in [0.29, 0.717) is 13.0 Å². The Labute approximate surface area is 129 Å². The summed E-state index contributed by atoms with van der Waals surface area (Å²) in [5, 5.41) is 3.34. The van der Waals surface area contributed by atoms with Crippen molar-refractivity contribution in [2.24, 2.45) is 0 Å². The molecule has 1 rings (SSSR count). The van der Waals surface area contributed by atoms with Gasteiger partial charge < -0.3 is 10.1 Å². The zero-order valence-corrected chi connectivity index (χ0v) is 13.8. The van der Waals surface area contributed by atoms with Gasteiger partial charge in [0.25, 0.3) is 6.43 Å². The summed E-state index contributed by atoms with van der Waals surface area (Å²) in [4.78, 5) is 0. The molecule has 0 spiro atoms. The van der Waals surface area contributed by atoms with Gasteiger partial charge in [-0.1, -0.05) is 38.8 Å². The second-order valence-corrected chi connectivity index (χ2v) is 5.80. The molecule has 0 aliphatic rings. The number of nitrogens with one attached hydrogen (secondary N) is 1. The van der Waals surface area contributed by atoms with E-state index in [9.17, 15) is 8.78 Å². The number of ether oxygens (including phenoxy) is 1. The first-order valence-electron chi connectivity index (χ1n) is 6.08. The fraction of sp³-hybridized carbons (Fsp3) is 0.538. The highest BCUT2D eigenvalue weighted by atomic mass is 79.9. The van der Waals surface area contributed by atoms with Crippen molar-refractivity contribution in [1.29, 1.82) is 0 Å². The van der Waals surface area contributed by atoms with Crippen LogP contribution in [0.3, 0.4) is 0 Å². The van der Waals surface area contributed by atoms with Crippen LogP contribution in [0.1, 0.15) is 24.9 Å². The van der Waals surface area contributed by atoms with Gasteiger partial charge in [0.2, 0.25) is 0 Å². The van der Waals surface area contributed by atoms with E-state index in [-0.39, 0.29) is 6.04 Å². The molecule has 0 aliphatic heterocycles. The molecule has 0 fully saturated rings. The Morgan fingerprint density at radius 2 is 2.05 bits per heavy atom. The second kappa shape index (κ2) is 9.00. The van der Waals surface area contributed by atoms with Crippen molar-refractivity contribution in [3.05, 3.63) is 32.7 Å². The van der Waals surface area contributed by atoms with Crippen molar-refractivity contribution in [2.45, 2.75) is 25.8 Å². The highest BCUT2D eigenvalue weighted by Crippen LogP contribution is 2.28. The number of halogens is 4. The average Bonchev–Trinajstić information content (AvgIpc) is 2.36. The molecule has 1 aromatic rings. The van der Waals surface area contributed by atoms with Crippen molar-refractivity contribution in [2.75, 3.05) is 19.8 Å². The molecular weight excluding hydrogens is 384 g/mol. The molecule has 0 saturated carbocycles. The fourth-order valence-electron chi connectivity index (χ4n) is 1.77. The van der Waals surface area contributed by atoms with Gasteiger partial charge >= 0.3 is 0 Å². The number of alkyl halides is 2. The van der Waals surface area contributed by atoms with Crippen molar-refractivity contribution in [3.8, 4) is 0 Å². The highest BCUT2D eigenvalue weighted by molar-refractivity contribution is 9.11. The minimum Gasteiger partial charge on any atom is -0.375 e. The fourth-order valence-corrected chi connectivity index (χ4v) is 2.67. The average molecular weight is 401 g/mol. The molecule has 2 nitrogen and oxygen atoms in total. The SMILES string of the molecule is CCNC(CCOCC(F)F)c1cc(Br)ccc1Br. The molecule has 19 heavy (non-hydrogen) atoms. The Morgan fingerprint density at radius 3 is 2.68 bits per heavy atom. The molecule has 1 aromatic carbocycles. The number of benzene rings is 1. The van der Waals surface area contributed by atoms with Crippen LogP contribution in [0.25, 0.3) is 0 Å². The van der Waals surface area contributed by atoms with Crippen LogP contribution in [-0.2, 0) is 4.74 Å². The molecule has 0 heterocycles. The minimum absolute atomic E-state index is 0.0783. The van der Waals surface area contributed by atoms with Gasteiger partial charge in [-0.3, -0.25) is 0 Å². The maximum absolute atomic E-state index is 12.0. The van der Waals surface area contributed by atoms with Crippen molar-refractivity contribution >= 4 is 31.9 Å². The van der Waals surface area contributed by atoms with E-state index in [2.05, 4.69) is 37.2 Å². The molecule has 6 heteroatoms. The Hall–Kier alpha value is -0.0400. The molecule has 108 valence electrons. The summed E-state index contributed by atoms with van der Waals surface area (Å²) in [5.41, 5.74) is 1.09. The van der Waals surface area contributed by atoms with E-state index in [4.69, 9.17) is 4.74 Å². The van der Waals surface area contributed by atoms with Crippen LogP contribution < -0.4 is 5.32 Å². The van der Waals surface area contributed by atoms with E-state index in [1.807, 2.05) is 25.1 Å². The minimum atomic E-state index is -2.41. The van der Waals surface area contributed by atoms with Crippen LogP contribution in [0.4, 0.5) is 8.78 Å². The van der Waals surface area contributed by atoms with Crippen LogP contribution >= 0.6 is 31.9 Å². The normalized spacial score (nSPS) is 12.9. The Morgan fingerprint density at radius 1 is 1.32 bits per heavy atom. The number of hydrogen-bond acceptors (Lipinski definition) is 2. The summed E-state index contributed by atoms with van der Waals surface area (Å²) in [6, 6.07) is 6.01. The lowest BCUT2D eigenvalue weighted by molar-refractivity contribution is 0.0144. The molecule has 0 aliphatic carbocycles. The number of hydrogen-bond donors (Lipinski definition) is 1. The summed E-state index contributed by atoms with van der Waals surface area (Å²) < 4.78 is 30.9. The third kappa shape index (κ3) is 6.29. The van der Waals surface area contributed by atoms with Gasteiger partial charge in [-0.25, -0.2) is 8.78 Å². The van der Waals surface area contributed by atoms with E-state index in [1.165, 1.54) is 0 Å². The van der Waals surface area contributed by atoms with Gasteiger partial charge in [-0.2, -0.15) is 0 Å². The van der Waals surface area contributed by atoms with E-state index < -0.39 is 13.0 Å². The topological polar surface area (TPSA) is 21.3 Å². The van der Waals surface area contributed by atoms with Crippen molar-refractivity contribution in [1.82, 2.24) is 5.32 Å². The van der Waals surface area contributed by atoms with Crippen LogP contribution in [0.2, 0.25) is 0 Å². The van der Waals surface area contributed by atoms with Crippen LogP contribution in [0.5, 0.6) is 0 Å². The highest BCUT2D eigenvalue weighted by Gasteiger charge is 2.14. The monoisotopic (exact) mass is 399 g/mol. The zero-order valence-electron chi connectivity index (χ0n) is 10.6. The molecular formula is C13H17Br2F2NO. The Kier molecular flexibility index (Phi) is 8.06. The molecule has 0 radical (unpaired) electrons. The smallest absolute Gasteiger partial charge is 0.261 e. The van der Waals surface area contributed by atoms with E-state index >= 15 is 0 Å². The first-order chi connectivity index (χ1) is 9.04. The van der Waals surface area contributed by atoms with Gasteiger partial charge in [0.1, 0.15) is 6.61 Å². The predicted molar refractivity (Wildman–Crippen MR) is 79.7 cm³/mol. The lowest BCUT2D eigenvalue weighted by Gasteiger charge is -2.20. The van der Waals surface area contributed by atoms with Gasteiger partial charge in [0.05, 0.1) is 0 Å². The largest absolute Gasteiger partial charge is 0.375 e. The summed E-state index contributed by atoms with van der Waals surface area (Å²) in [5.74, 6) is 0. The molecule has 0 amide bonds. The van der Waals surface area contributed by atoms with Crippen molar-refractivity contribution in [3.63, 3.8) is 0 Å². The predicted octanol–water partition coefficient (Wildman–Crippen LogP) is 4.53. The first-order valence-corrected chi connectivity index (χ1v) is 7.67. The van der Waals surface area contributed by atoms with Crippen LogP contribution in [0, 0.1) is 0 Å². The summed E-state index contributed by atoms with van der Waals surface area (Å²) in [7, 11) is 0. The Balaban J connectivity index is 2.63. The molecule has 1 atom stereocenters. The Bertz CT molecular complexity index is 391. The second-order valence-electron chi connectivity index (χ2n) is 4.03. The van der Waals surface area contributed by atoms with Gasteiger partial charge in [-0.15, -0.1) is 0 Å². The summed E-state index contributed by atoms with van der Waals surface area (Å²) in [6.07, 6.45) is -1.76. The third-order valence-electron chi connectivity index (χ3n) is 2.58. The molecule has 0 aromatic heterocycles. The van der Waals surface area contributed by atoms with E-state index in [1.54, 1.807) is 0 Å². The van der Waals surface area contributed by atoms with Gasteiger partial charge in [-0.05, 0) is 36.7 Å². The van der Waals surface area contributed by atoms with Crippen LogP contribution in [-0.4, -0.2) is 26.2 Å². The molecule has 1 unspecified atom stereocenters. The van der Waals surface area contributed by atoms with Gasteiger partial charge in [0, 0.05) is 21.6 Å². The maximum Gasteiger partial charge on any atom is 0.261 e. The zero-order chi connectivity index (χ0) is 14.3. The lowest BCUT2D eigenvalue weighted by atomic mass is 10.0. The molecule has 0 bridgehead atoms. The maximum atomic E-state index is 12.0. The molecule has 1 N–H and O–H groups in total. The number of rotatable bonds is 8. The van der Waals surface area contributed by atoms with Crippen molar-refractivity contribution < 1.29 is 13.5 Å². The molecule has 0 saturated heterocycles. The summed E-state index contributed by atoms with van der Waals surface area (Å²) in [6.45, 7) is 2.62. The van der Waals surface area contributed by atoms with Gasteiger partial charge in [0.15, 0.2) is 0 Å². The first kappa shape index (κ1) is 17.0. The summed E-state index contributed by atoms with van der Waals surface area (Å²) >= 11 is 6.95. The lowest BCUT2D eigenvalue weighted by Crippen LogP contribution is -2.23. The van der Waals surface area contributed by atoms with Crippen LogP contribution in [0.15, 0.2) is 27.1 Å². The standard InChI is InChI=1S/C13H17Br2F2NO/c1-2-18-12(5-6-19-8-13(16)17)10-7-9(14)3-4-11(10)15/h3-4,7,12-13,18H,2,5-6,8H2,1H3. The quantitative estimate of drug-likeness (QED) is 0.647.